The fourth-order valence-corrected chi connectivity index (χ4v) is 2.43. The van der Waals surface area contributed by atoms with Crippen molar-refractivity contribution in [3.63, 3.8) is 0 Å². The van der Waals surface area contributed by atoms with E-state index in [0.29, 0.717) is 35.0 Å². The molecule has 0 unspecified atom stereocenters. The van der Waals surface area contributed by atoms with E-state index in [4.69, 9.17) is 37.4 Å². The zero-order valence-corrected chi connectivity index (χ0v) is 15.3. The number of aromatic nitrogens is 2. The molecule has 3 rings (SSSR count). The molecule has 0 saturated carbocycles. The number of hydrogen-bond donors (Lipinski definition) is 0. The van der Waals surface area contributed by atoms with Gasteiger partial charge in [-0.1, -0.05) is 47.5 Å². The van der Waals surface area contributed by atoms with Crippen molar-refractivity contribution in [3.05, 3.63) is 76.5 Å². The first-order valence-corrected chi connectivity index (χ1v) is 8.66. The number of benzene rings is 2. The second-order valence-corrected chi connectivity index (χ2v) is 6.03. The van der Waals surface area contributed by atoms with Gasteiger partial charge >= 0.3 is 0 Å². The van der Waals surface area contributed by atoms with Crippen molar-refractivity contribution in [2.45, 2.75) is 6.61 Å². The Morgan fingerprint density at radius 2 is 1.42 bits per heavy atom. The van der Waals surface area contributed by atoms with Crippen molar-refractivity contribution in [2.75, 3.05) is 13.2 Å². The standard InChI is InChI=1S/C19H16Cl2N2O3/c20-16-7-6-14(12-17(16)21)13-26-19-18(22-8-9-23-19)25-11-10-24-15-4-2-1-3-5-15/h1-9,12H,10-11,13H2. The van der Waals surface area contributed by atoms with Gasteiger partial charge in [0.25, 0.3) is 11.8 Å². The number of nitrogens with zero attached hydrogens (tertiary/aromatic N) is 2. The monoisotopic (exact) mass is 390 g/mol. The molecule has 1 heterocycles. The van der Waals surface area contributed by atoms with Crippen LogP contribution >= 0.6 is 23.2 Å². The molecule has 0 radical (unpaired) electrons. The Kier molecular flexibility index (Phi) is 6.52. The lowest BCUT2D eigenvalue weighted by atomic mass is 10.2. The van der Waals surface area contributed by atoms with Gasteiger partial charge in [0.2, 0.25) is 0 Å². The molecule has 5 nitrogen and oxygen atoms in total. The molecule has 0 aliphatic rings. The van der Waals surface area contributed by atoms with Crippen LogP contribution in [0.3, 0.4) is 0 Å². The highest BCUT2D eigenvalue weighted by Gasteiger charge is 2.09. The summed E-state index contributed by atoms with van der Waals surface area (Å²) < 4.78 is 16.9. The van der Waals surface area contributed by atoms with E-state index in [1.807, 2.05) is 36.4 Å². The Bertz CT molecular complexity index is 847. The minimum Gasteiger partial charge on any atom is -0.490 e. The molecular formula is C19H16Cl2N2O3. The number of rotatable bonds is 8. The molecule has 134 valence electrons. The van der Waals surface area contributed by atoms with Crippen LogP contribution < -0.4 is 14.2 Å². The van der Waals surface area contributed by atoms with Gasteiger partial charge in [0.1, 0.15) is 25.6 Å². The first kappa shape index (κ1) is 18.3. The van der Waals surface area contributed by atoms with Crippen molar-refractivity contribution in [2.24, 2.45) is 0 Å². The minimum absolute atomic E-state index is 0.270. The van der Waals surface area contributed by atoms with E-state index in [9.17, 15) is 0 Å². The molecule has 1 aromatic heterocycles. The SMILES string of the molecule is Clc1ccc(COc2nccnc2OCCOc2ccccc2)cc1Cl. The highest BCUT2D eigenvalue weighted by Crippen LogP contribution is 2.25. The average molecular weight is 391 g/mol. The lowest BCUT2D eigenvalue weighted by Gasteiger charge is -2.11. The number of para-hydroxylation sites is 1. The summed E-state index contributed by atoms with van der Waals surface area (Å²) in [6, 6.07) is 14.8. The third-order valence-corrected chi connectivity index (χ3v) is 4.07. The summed E-state index contributed by atoms with van der Waals surface area (Å²) in [6.45, 7) is 0.968. The Morgan fingerprint density at radius 1 is 0.731 bits per heavy atom. The van der Waals surface area contributed by atoms with E-state index in [1.54, 1.807) is 18.3 Å². The van der Waals surface area contributed by atoms with Gasteiger partial charge in [-0.3, -0.25) is 0 Å². The zero-order valence-electron chi connectivity index (χ0n) is 13.8. The van der Waals surface area contributed by atoms with Crippen LogP contribution in [0, 0.1) is 0 Å². The maximum absolute atomic E-state index is 6.01. The Morgan fingerprint density at radius 3 is 2.15 bits per heavy atom. The third kappa shape index (κ3) is 5.25. The molecule has 0 amide bonds. The van der Waals surface area contributed by atoms with Crippen molar-refractivity contribution >= 4 is 23.2 Å². The highest BCUT2D eigenvalue weighted by molar-refractivity contribution is 6.42. The molecule has 0 atom stereocenters. The zero-order chi connectivity index (χ0) is 18.2. The van der Waals surface area contributed by atoms with Crippen LogP contribution in [0.1, 0.15) is 5.56 Å². The number of hydrogen-bond acceptors (Lipinski definition) is 5. The first-order valence-electron chi connectivity index (χ1n) is 7.91. The summed E-state index contributed by atoms with van der Waals surface area (Å²) in [5.41, 5.74) is 0.864. The maximum atomic E-state index is 6.01. The quantitative estimate of drug-likeness (QED) is 0.516. The smallest absolute Gasteiger partial charge is 0.278 e. The Balaban J connectivity index is 1.53. The average Bonchev–Trinajstić information content (AvgIpc) is 2.68. The number of halogens is 2. The van der Waals surface area contributed by atoms with Gasteiger partial charge < -0.3 is 14.2 Å². The van der Waals surface area contributed by atoms with E-state index in [1.165, 1.54) is 6.20 Å². The fourth-order valence-electron chi connectivity index (χ4n) is 2.11. The van der Waals surface area contributed by atoms with E-state index >= 15 is 0 Å². The molecule has 0 spiro atoms. The summed E-state index contributed by atoms with van der Waals surface area (Å²) in [4.78, 5) is 8.32. The lowest BCUT2D eigenvalue weighted by Crippen LogP contribution is -2.11. The van der Waals surface area contributed by atoms with Gasteiger partial charge in [0.15, 0.2) is 0 Å². The van der Waals surface area contributed by atoms with Gasteiger partial charge in [0, 0.05) is 12.4 Å². The van der Waals surface area contributed by atoms with Crippen molar-refractivity contribution in [1.29, 1.82) is 0 Å². The Labute approximate surface area is 161 Å². The summed E-state index contributed by atoms with van der Waals surface area (Å²) in [5, 5.41) is 0.971. The predicted octanol–water partition coefficient (Wildman–Crippen LogP) is 4.82. The summed E-state index contributed by atoms with van der Waals surface area (Å²) in [6.07, 6.45) is 3.08. The van der Waals surface area contributed by atoms with E-state index in [0.717, 1.165) is 11.3 Å². The van der Waals surface area contributed by atoms with Crippen LogP contribution in [0.4, 0.5) is 0 Å². The van der Waals surface area contributed by atoms with Gasteiger partial charge in [-0.05, 0) is 29.8 Å². The second kappa shape index (κ2) is 9.27. The number of ether oxygens (including phenoxy) is 3. The van der Waals surface area contributed by atoms with Crippen LogP contribution in [0.2, 0.25) is 10.0 Å². The molecule has 0 bridgehead atoms. The summed E-state index contributed by atoms with van der Waals surface area (Å²) in [5.74, 6) is 1.40. The van der Waals surface area contributed by atoms with Gasteiger partial charge in [-0.25, -0.2) is 9.97 Å². The van der Waals surface area contributed by atoms with Gasteiger partial charge in [-0.15, -0.1) is 0 Å². The van der Waals surface area contributed by atoms with Crippen LogP contribution in [-0.4, -0.2) is 23.2 Å². The highest BCUT2D eigenvalue weighted by atomic mass is 35.5. The minimum atomic E-state index is 0.270. The summed E-state index contributed by atoms with van der Waals surface area (Å²) >= 11 is 11.9. The van der Waals surface area contributed by atoms with Crippen molar-refractivity contribution in [3.8, 4) is 17.5 Å². The molecule has 3 aromatic rings. The van der Waals surface area contributed by atoms with Crippen LogP contribution in [0.25, 0.3) is 0 Å². The normalized spacial score (nSPS) is 10.4. The van der Waals surface area contributed by atoms with Crippen molar-refractivity contribution in [1.82, 2.24) is 9.97 Å². The third-order valence-electron chi connectivity index (χ3n) is 3.33. The Hall–Kier alpha value is -2.50. The molecule has 0 saturated heterocycles. The van der Waals surface area contributed by atoms with Crippen LogP contribution in [0.15, 0.2) is 60.9 Å². The first-order chi connectivity index (χ1) is 12.7. The molecule has 26 heavy (non-hydrogen) atoms. The molecule has 2 aromatic carbocycles. The molecule has 0 aliphatic heterocycles. The molecular weight excluding hydrogens is 375 g/mol. The van der Waals surface area contributed by atoms with E-state index < -0.39 is 0 Å². The van der Waals surface area contributed by atoms with Gasteiger partial charge in [-0.2, -0.15) is 0 Å². The van der Waals surface area contributed by atoms with E-state index in [2.05, 4.69) is 9.97 Å². The summed E-state index contributed by atoms with van der Waals surface area (Å²) in [7, 11) is 0. The molecule has 7 heteroatoms. The van der Waals surface area contributed by atoms with Crippen LogP contribution in [-0.2, 0) is 6.61 Å². The fraction of sp³-hybridized carbons (Fsp3) is 0.158. The predicted molar refractivity (Wildman–Crippen MR) is 100 cm³/mol. The largest absolute Gasteiger partial charge is 0.490 e. The molecule has 0 aliphatic carbocycles. The van der Waals surface area contributed by atoms with Crippen LogP contribution in [0.5, 0.6) is 17.5 Å². The lowest BCUT2D eigenvalue weighted by molar-refractivity contribution is 0.196. The van der Waals surface area contributed by atoms with Crippen molar-refractivity contribution < 1.29 is 14.2 Å². The molecule has 0 N–H and O–H groups in total. The van der Waals surface area contributed by atoms with E-state index in [-0.39, 0.29) is 6.61 Å². The maximum Gasteiger partial charge on any atom is 0.278 e. The topological polar surface area (TPSA) is 53.5 Å². The molecule has 0 fully saturated rings. The second-order valence-electron chi connectivity index (χ2n) is 5.21. The van der Waals surface area contributed by atoms with Gasteiger partial charge in [0.05, 0.1) is 10.0 Å².